The first-order valence-corrected chi connectivity index (χ1v) is 7.75. The lowest BCUT2D eigenvalue weighted by atomic mass is 9.71. The molecule has 0 bridgehead atoms. The van der Waals surface area contributed by atoms with Crippen LogP contribution in [0.25, 0.3) is 0 Å². The van der Waals surface area contributed by atoms with Crippen LogP contribution in [-0.4, -0.2) is 5.54 Å². The van der Waals surface area contributed by atoms with E-state index in [0.29, 0.717) is 0 Å². The Labute approximate surface area is 118 Å². The Kier molecular flexibility index (Phi) is 4.35. The molecule has 1 aliphatic rings. The van der Waals surface area contributed by atoms with E-state index in [-0.39, 0.29) is 5.54 Å². The highest BCUT2D eigenvalue weighted by atomic mass is 14.7. The largest absolute Gasteiger partial charge is 0.325 e. The molecule has 1 fully saturated rings. The van der Waals surface area contributed by atoms with Crippen molar-refractivity contribution in [1.29, 1.82) is 0 Å². The Morgan fingerprint density at radius 3 is 2.42 bits per heavy atom. The molecule has 1 heteroatoms. The highest BCUT2D eigenvalue weighted by Gasteiger charge is 2.33. The van der Waals surface area contributed by atoms with Crippen molar-refractivity contribution in [3.8, 4) is 0 Å². The lowest BCUT2D eigenvalue weighted by Gasteiger charge is -2.39. The van der Waals surface area contributed by atoms with Crippen molar-refractivity contribution in [2.45, 2.75) is 65.3 Å². The maximum Gasteiger partial charge on any atom is 0.0195 e. The van der Waals surface area contributed by atoms with E-state index in [2.05, 4.69) is 45.9 Å². The Bertz CT molecular complexity index is 425. The summed E-state index contributed by atoms with van der Waals surface area (Å²) in [5.74, 6) is 1.69. The first-order chi connectivity index (χ1) is 8.89. The average molecular weight is 259 g/mol. The summed E-state index contributed by atoms with van der Waals surface area (Å²) in [6, 6.07) is 6.74. The zero-order valence-corrected chi connectivity index (χ0v) is 13.0. The summed E-state index contributed by atoms with van der Waals surface area (Å²) in [6.07, 6.45) is 6.02. The third kappa shape index (κ3) is 3.60. The van der Waals surface area contributed by atoms with E-state index in [1.54, 1.807) is 0 Å². The van der Waals surface area contributed by atoms with E-state index in [9.17, 15) is 0 Å². The zero-order chi connectivity index (χ0) is 14.0. The molecule has 2 N–H and O–H groups in total. The van der Waals surface area contributed by atoms with Gasteiger partial charge in [0, 0.05) is 5.54 Å². The number of hydrogen-bond donors (Lipinski definition) is 1. The molecule has 1 aromatic rings. The van der Waals surface area contributed by atoms with Gasteiger partial charge in [-0.1, -0.05) is 37.6 Å². The number of nitrogens with two attached hydrogens (primary N) is 1. The summed E-state index contributed by atoms with van der Waals surface area (Å²) in [6.45, 7) is 9.07. The van der Waals surface area contributed by atoms with Gasteiger partial charge in [0.05, 0.1) is 0 Å². The molecular formula is C18H29N. The minimum Gasteiger partial charge on any atom is -0.325 e. The van der Waals surface area contributed by atoms with Crippen molar-refractivity contribution >= 4 is 0 Å². The third-order valence-electron chi connectivity index (χ3n) is 5.02. The van der Waals surface area contributed by atoms with E-state index < -0.39 is 0 Å². The molecule has 0 atom stereocenters. The van der Waals surface area contributed by atoms with Crippen LogP contribution in [0, 0.1) is 25.7 Å². The summed E-state index contributed by atoms with van der Waals surface area (Å²) in [5.41, 5.74) is 10.9. The summed E-state index contributed by atoms with van der Waals surface area (Å²) in [7, 11) is 0. The SMILES string of the molecule is Cc1ccc(C)c(CC2(N)CCC(C(C)C)CC2)c1. The van der Waals surface area contributed by atoms with Gasteiger partial charge in [-0.05, 0) is 68.9 Å². The minimum atomic E-state index is 0.0317. The molecule has 1 aromatic carbocycles. The Hall–Kier alpha value is -0.820. The van der Waals surface area contributed by atoms with E-state index in [1.807, 2.05) is 0 Å². The highest BCUT2D eigenvalue weighted by Crippen LogP contribution is 2.36. The molecule has 2 rings (SSSR count). The standard InChI is InChI=1S/C18H29N/c1-13(2)16-7-9-18(19,10-8-16)12-17-11-14(3)5-6-15(17)4/h5-6,11,13,16H,7-10,12,19H2,1-4H3. The highest BCUT2D eigenvalue weighted by molar-refractivity contribution is 5.32. The predicted molar refractivity (Wildman–Crippen MR) is 83.3 cm³/mol. The summed E-state index contributed by atoms with van der Waals surface area (Å²) >= 11 is 0. The van der Waals surface area contributed by atoms with Crippen LogP contribution in [0.1, 0.15) is 56.2 Å². The van der Waals surface area contributed by atoms with Crippen LogP contribution in [0.4, 0.5) is 0 Å². The topological polar surface area (TPSA) is 26.0 Å². The molecule has 0 aromatic heterocycles. The van der Waals surface area contributed by atoms with Crippen molar-refractivity contribution < 1.29 is 0 Å². The van der Waals surface area contributed by atoms with Crippen molar-refractivity contribution in [3.05, 3.63) is 34.9 Å². The Balaban J connectivity index is 2.05. The van der Waals surface area contributed by atoms with Gasteiger partial charge in [0.25, 0.3) is 0 Å². The Morgan fingerprint density at radius 1 is 1.21 bits per heavy atom. The van der Waals surface area contributed by atoms with E-state index in [0.717, 1.165) is 18.3 Å². The maximum atomic E-state index is 6.67. The first-order valence-electron chi connectivity index (χ1n) is 7.75. The molecule has 0 unspecified atom stereocenters. The van der Waals surface area contributed by atoms with Crippen LogP contribution in [0.3, 0.4) is 0 Å². The van der Waals surface area contributed by atoms with Gasteiger partial charge in [0.15, 0.2) is 0 Å². The molecule has 0 heterocycles. The van der Waals surface area contributed by atoms with Crippen molar-refractivity contribution in [2.24, 2.45) is 17.6 Å². The van der Waals surface area contributed by atoms with Gasteiger partial charge in [0.2, 0.25) is 0 Å². The third-order valence-corrected chi connectivity index (χ3v) is 5.02. The maximum absolute atomic E-state index is 6.67. The van der Waals surface area contributed by atoms with Crippen molar-refractivity contribution in [3.63, 3.8) is 0 Å². The molecular weight excluding hydrogens is 230 g/mol. The van der Waals surface area contributed by atoms with Gasteiger partial charge < -0.3 is 5.73 Å². The van der Waals surface area contributed by atoms with Gasteiger partial charge in [-0.15, -0.1) is 0 Å². The molecule has 1 nitrogen and oxygen atoms in total. The van der Waals surface area contributed by atoms with Crippen LogP contribution in [0.15, 0.2) is 18.2 Å². The van der Waals surface area contributed by atoms with Crippen LogP contribution < -0.4 is 5.73 Å². The average Bonchev–Trinajstić information content (AvgIpc) is 2.34. The number of benzene rings is 1. The lowest BCUT2D eigenvalue weighted by molar-refractivity contribution is 0.194. The fourth-order valence-corrected chi connectivity index (χ4v) is 3.43. The Morgan fingerprint density at radius 2 is 1.84 bits per heavy atom. The predicted octanol–water partition coefficient (Wildman–Crippen LogP) is 4.39. The van der Waals surface area contributed by atoms with E-state index >= 15 is 0 Å². The monoisotopic (exact) mass is 259 g/mol. The van der Waals surface area contributed by atoms with Crippen molar-refractivity contribution in [2.75, 3.05) is 0 Å². The van der Waals surface area contributed by atoms with Gasteiger partial charge in [-0.2, -0.15) is 0 Å². The molecule has 1 aliphatic carbocycles. The molecule has 19 heavy (non-hydrogen) atoms. The molecule has 0 radical (unpaired) electrons. The fourth-order valence-electron chi connectivity index (χ4n) is 3.43. The number of rotatable bonds is 3. The molecule has 1 saturated carbocycles. The van der Waals surface area contributed by atoms with E-state index in [1.165, 1.54) is 42.4 Å². The number of aryl methyl sites for hydroxylation is 2. The second-order valence-corrected chi connectivity index (χ2v) is 7.05. The lowest BCUT2D eigenvalue weighted by Crippen LogP contribution is -2.46. The molecule has 0 aliphatic heterocycles. The summed E-state index contributed by atoms with van der Waals surface area (Å²) in [4.78, 5) is 0. The normalized spacial score (nSPS) is 27.8. The van der Waals surface area contributed by atoms with Crippen LogP contribution in [0.2, 0.25) is 0 Å². The smallest absolute Gasteiger partial charge is 0.0195 e. The van der Waals surface area contributed by atoms with Crippen LogP contribution >= 0.6 is 0 Å². The minimum absolute atomic E-state index is 0.0317. The fraction of sp³-hybridized carbons (Fsp3) is 0.667. The quantitative estimate of drug-likeness (QED) is 0.856. The van der Waals surface area contributed by atoms with Gasteiger partial charge >= 0.3 is 0 Å². The zero-order valence-electron chi connectivity index (χ0n) is 13.0. The van der Waals surface area contributed by atoms with Gasteiger partial charge in [-0.25, -0.2) is 0 Å². The molecule has 106 valence electrons. The summed E-state index contributed by atoms with van der Waals surface area (Å²) in [5, 5.41) is 0. The van der Waals surface area contributed by atoms with Gasteiger partial charge in [-0.3, -0.25) is 0 Å². The number of hydrogen-bond acceptors (Lipinski definition) is 1. The van der Waals surface area contributed by atoms with Crippen molar-refractivity contribution in [1.82, 2.24) is 0 Å². The first kappa shape index (κ1) is 14.6. The van der Waals surface area contributed by atoms with Gasteiger partial charge in [0.1, 0.15) is 0 Å². The van der Waals surface area contributed by atoms with Crippen LogP contribution in [-0.2, 0) is 6.42 Å². The molecule has 0 amide bonds. The second kappa shape index (κ2) is 5.66. The second-order valence-electron chi connectivity index (χ2n) is 7.05. The summed E-state index contributed by atoms with van der Waals surface area (Å²) < 4.78 is 0. The molecule has 0 spiro atoms. The van der Waals surface area contributed by atoms with E-state index in [4.69, 9.17) is 5.73 Å². The van der Waals surface area contributed by atoms with Crippen LogP contribution in [0.5, 0.6) is 0 Å². The molecule has 0 saturated heterocycles.